The van der Waals surface area contributed by atoms with Gasteiger partial charge in [0.1, 0.15) is 5.01 Å². The first-order valence-corrected chi connectivity index (χ1v) is 9.15. The number of rotatable bonds is 5. The molecular formula is C18H25IN4OS. The number of halogens is 1. The van der Waals surface area contributed by atoms with Crippen molar-refractivity contribution < 1.29 is 4.74 Å². The Morgan fingerprint density at radius 3 is 2.80 bits per heavy atom. The number of hydrogen-bond acceptors (Lipinski definition) is 4. The molecule has 0 amide bonds. The summed E-state index contributed by atoms with van der Waals surface area (Å²) in [7, 11) is 1.78. The van der Waals surface area contributed by atoms with Gasteiger partial charge in [-0.3, -0.25) is 4.99 Å². The Balaban J connectivity index is 0.00000225. The molecule has 25 heavy (non-hydrogen) atoms. The molecule has 3 rings (SSSR count). The van der Waals surface area contributed by atoms with Crippen LogP contribution in [0.2, 0.25) is 0 Å². The van der Waals surface area contributed by atoms with Gasteiger partial charge in [-0.25, -0.2) is 4.98 Å². The zero-order chi connectivity index (χ0) is 16.8. The van der Waals surface area contributed by atoms with Crippen molar-refractivity contribution in [3.63, 3.8) is 0 Å². The van der Waals surface area contributed by atoms with E-state index in [1.165, 1.54) is 0 Å². The van der Waals surface area contributed by atoms with Gasteiger partial charge < -0.3 is 15.4 Å². The average Bonchev–Trinajstić information content (AvgIpc) is 3.26. The molecule has 136 valence electrons. The van der Waals surface area contributed by atoms with Gasteiger partial charge in [-0.05, 0) is 19.8 Å². The van der Waals surface area contributed by atoms with Crippen molar-refractivity contribution >= 4 is 41.3 Å². The van der Waals surface area contributed by atoms with Crippen molar-refractivity contribution in [3.05, 3.63) is 41.4 Å². The topological polar surface area (TPSA) is 58.5 Å². The molecule has 0 spiro atoms. The molecule has 7 heteroatoms. The second-order valence-corrected chi connectivity index (χ2v) is 7.05. The third-order valence-electron chi connectivity index (χ3n) is 4.16. The molecule has 2 aromatic rings. The summed E-state index contributed by atoms with van der Waals surface area (Å²) in [6.07, 6.45) is 2.22. The van der Waals surface area contributed by atoms with Gasteiger partial charge >= 0.3 is 0 Å². The first-order chi connectivity index (χ1) is 11.7. The van der Waals surface area contributed by atoms with E-state index in [1.54, 1.807) is 18.4 Å². The lowest BCUT2D eigenvalue weighted by molar-refractivity contribution is 0.0243. The highest BCUT2D eigenvalue weighted by atomic mass is 127. The lowest BCUT2D eigenvalue weighted by atomic mass is 10.0. The van der Waals surface area contributed by atoms with Gasteiger partial charge in [-0.1, -0.05) is 30.3 Å². The first-order valence-electron chi connectivity index (χ1n) is 8.27. The first kappa shape index (κ1) is 20.1. The average molecular weight is 472 g/mol. The minimum atomic E-state index is -0.0846. The molecule has 1 atom stereocenters. The Kier molecular flexibility index (Phi) is 7.64. The van der Waals surface area contributed by atoms with E-state index in [0.717, 1.165) is 48.2 Å². The Hall–Kier alpha value is -1.19. The molecule has 1 aliphatic heterocycles. The fourth-order valence-corrected chi connectivity index (χ4v) is 3.57. The monoisotopic (exact) mass is 472 g/mol. The molecule has 2 heterocycles. The molecule has 0 radical (unpaired) electrons. The summed E-state index contributed by atoms with van der Waals surface area (Å²) in [6, 6.07) is 10.2. The van der Waals surface area contributed by atoms with Crippen molar-refractivity contribution in [1.82, 2.24) is 15.6 Å². The van der Waals surface area contributed by atoms with Crippen LogP contribution in [0.4, 0.5) is 0 Å². The molecule has 1 aromatic carbocycles. The molecule has 2 N–H and O–H groups in total. The van der Waals surface area contributed by atoms with Crippen LogP contribution in [0, 0.1) is 0 Å². The fourth-order valence-electron chi connectivity index (χ4n) is 2.74. The summed E-state index contributed by atoms with van der Waals surface area (Å²) in [6.45, 7) is 4.41. The Morgan fingerprint density at radius 1 is 1.32 bits per heavy atom. The van der Waals surface area contributed by atoms with E-state index in [1.807, 2.05) is 18.2 Å². The number of ether oxygens (including phenoxy) is 1. The number of hydrogen-bond donors (Lipinski definition) is 2. The number of thiazole rings is 1. The lowest BCUT2D eigenvalue weighted by Crippen LogP contribution is -2.45. The predicted molar refractivity (Wildman–Crippen MR) is 115 cm³/mol. The van der Waals surface area contributed by atoms with Crippen molar-refractivity contribution in [3.8, 4) is 10.6 Å². The van der Waals surface area contributed by atoms with E-state index < -0.39 is 0 Å². The van der Waals surface area contributed by atoms with E-state index >= 15 is 0 Å². The van der Waals surface area contributed by atoms with E-state index in [9.17, 15) is 0 Å². The molecule has 1 fully saturated rings. The van der Waals surface area contributed by atoms with Crippen LogP contribution in [0.5, 0.6) is 0 Å². The van der Waals surface area contributed by atoms with Gasteiger partial charge in [-0.15, -0.1) is 35.3 Å². The van der Waals surface area contributed by atoms with Crippen LogP contribution in [0.25, 0.3) is 10.6 Å². The van der Waals surface area contributed by atoms with E-state index in [0.29, 0.717) is 6.54 Å². The largest absolute Gasteiger partial charge is 0.373 e. The van der Waals surface area contributed by atoms with Crippen molar-refractivity contribution in [1.29, 1.82) is 0 Å². The minimum absolute atomic E-state index is 0. The van der Waals surface area contributed by atoms with Gasteiger partial charge in [0.05, 0.1) is 17.8 Å². The summed E-state index contributed by atoms with van der Waals surface area (Å²) in [5, 5.41) is 9.80. The molecule has 1 aromatic heterocycles. The van der Waals surface area contributed by atoms with Gasteiger partial charge in [0.25, 0.3) is 0 Å². The third kappa shape index (κ3) is 5.65. The van der Waals surface area contributed by atoms with E-state index in [-0.39, 0.29) is 29.6 Å². The van der Waals surface area contributed by atoms with Crippen LogP contribution in [-0.4, -0.2) is 36.7 Å². The molecule has 1 aliphatic rings. The SMILES string of the molecule is CN=C(NCc1csc(-c2ccccc2)n1)NCC1(C)CCCO1.I. The highest BCUT2D eigenvalue weighted by Crippen LogP contribution is 2.24. The highest BCUT2D eigenvalue weighted by molar-refractivity contribution is 14.0. The summed E-state index contributed by atoms with van der Waals surface area (Å²) < 4.78 is 5.79. The number of benzene rings is 1. The van der Waals surface area contributed by atoms with Crippen LogP contribution in [0.1, 0.15) is 25.5 Å². The zero-order valence-corrected chi connectivity index (χ0v) is 17.8. The van der Waals surface area contributed by atoms with Crippen LogP contribution in [0.3, 0.4) is 0 Å². The normalized spacial score (nSPS) is 20.2. The zero-order valence-electron chi connectivity index (χ0n) is 14.6. The second-order valence-electron chi connectivity index (χ2n) is 6.19. The molecular weight excluding hydrogens is 447 g/mol. The lowest BCUT2D eigenvalue weighted by Gasteiger charge is -2.24. The summed E-state index contributed by atoms with van der Waals surface area (Å²) in [4.78, 5) is 8.96. The van der Waals surface area contributed by atoms with Crippen molar-refractivity contribution in [2.24, 2.45) is 4.99 Å². The molecule has 5 nitrogen and oxygen atoms in total. The van der Waals surface area contributed by atoms with Crippen molar-refractivity contribution in [2.45, 2.75) is 31.9 Å². The maximum absolute atomic E-state index is 5.79. The number of nitrogens with zero attached hydrogens (tertiary/aromatic N) is 2. The fraction of sp³-hybridized carbons (Fsp3) is 0.444. The summed E-state index contributed by atoms with van der Waals surface area (Å²) in [5.41, 5.74) is 2.09. The number of aliphatic imine (C=N–C) groups is 1. The minimum Gasteiger partial charge on any atom is -0.373 e. The van der Waals surface area contributed by atoms with E-state index in [4.69, 9.17) is 4.74 Å². The Bertz CT molecular complexity index is 683. The van der Waals surface area contributed by atoms with Gasteiger partial charge in [0.15, 0.2) is 5.96 Å². The van der Waals surface area contributed by atoms with Gasteiger partial charge in [0.2, 0.25) is 0 Å². The standard InChI is InChI=1S/C18H24N4OS.HI/c1-18(9-6-10-23-18)13-21-17(19-2)20-11-15-12-24-16(22-15)14-7-4-3-5-8-14;/h3-5,7-8,12H,6,9-11,13H2,1-2H3,(H2,19,20,21);1H. The quantitative estimate of drug-likeness (QED) is 0.396. The van der Waals surface area contributed by atoms with Crippen LogP contribution in [0.15, 0.2) is 40.7 Å². The van der Waals surface area contributed by atoms with Gasteiger partial charge in [0, 0.05) is 31.1 Å². The molecule has 0 saturated carbocycles. The molecule has 0 aliphatic carbocycles. The number of aromatic nitrogens is 1. The van der Waals surface area contributed by atoms with E-state index in [2.05, 4.69) is 45.0 Å². The summed E-state index contributed by atoms with van der Waals surface area (Å²) >= 11 is 1.66. The highest BCUT2D eigenvalue weighted by Gasteiger charge is 2.29. The Morgan fingerprint density at radius 2 is 2.12 bits per heavy atom. The van der Waals surface area contributed by atoms with Crippen LogP contribution >= 0.6 is 35.3 Å². The number of guanidine groups is 1. The Labute approximate surface area is 170 Å². The molecule has 1 unspecified atom stereocenters. The van der Waals surface area contributed by atoms with Crippen LogP contribution in [-0.2, 0) is 11.3 Å². The second kappa shape index (κ2) is 9.49. The van der Waals surface area contributed by atoms with Crippen molar-refractivity contribution in [2.75, 3.05) is 20.2 Å². The molecule has 0 bridgehead atoms. The van der Waals surface area contributed by atoms with Crippen LogP contribution < -0.4 is 10.6 Å². The number of nitrogens with one attached hydrogen (secondary N) is 2. The predicted octanol–water partition coefficient (Wildman–Crippen LogP) is 3.66. The summed E-state index contributed by atoms with van der Waals surface area (Å²) in [5.74, 6) is 0.779. The third-order valence-corrected chi connectivity index (χ3v) is 5.10. The maximum Gasteiger partial charge on any atom is 0.191 e. The van der Waals surface area contributed by atoms with Gasteiger partial charge in [-0.2, -0.15) is 0 Å². The smallest absolute Gasteiger partial charge is 0.191 e. The molecule has 1 saturated heterocycles. The maximum atomic E-state index is 5.79.